The van der Waals surface area contributed by atoms with E-state index in [-0.39, 0.29) is 0 Å². The van der Waals surface area contributed by atoms with E-state index >= 15 is 0 Å². The molecule has 0 aliphatic rings. The molecule has 1 aromatic carbocycles. The average molecular weight is 247 g/mol. The van der Waals surface area contributed by atoms with Crippen LogP contribution in [0.4, 0.5) is 0 Å². The van der Waals surface area contributed by atoms with Gasteiger partial charge in [-0.05, 0) is 37.1 Å². The third-order valence-electron chi connectivity index (χ3n) is 2.42. The lowest BCUT2D eigenvalue weighted by molar-refractivity contribution is 0.630. The van der Waals surface area contributed by atoms with Crippen LogP contribution in [-0.4, -0.2) is 6.54 Å². The largest absolute Gasteiger partial charge is 0.313 e. The number of benzene rings is 1. The predicted molar refractivity (Wildman–Crippen MR) is 70.6 cm³/mol. The molecule has 1 rings (SSSR count). The van der Waals surface area contributed by atoms with Crippen LogP contribution in [0.2, 0.25) is 5.02 Å². The molecule has 0 saturated carbocycles. The Morgan fingerprint density at radius 1 is 1.35 bits per heavy atom. The van der Waals surface area contributed by atoms with E-state index in [0.29, 0.717) is 10.6 Å². The lowest BCUT2D eigenvalue weighted by atomic mass is 10.1. The van der Waals surface area contributed by atoms with Crippen LogP contribution in [0.25, 0.3) is 0 Å². The standard InChI is InChI=1S/C14H15ClN2/c1-2-3-4-5-8-17-11-13-7-6-12(10-16)9-14(13)15/h1,6-7,9,17H,3-5,8,11H2. The SMILES string of the molecule is C#CCCCCNCc1ccc(C#N)cc1Cl. The summed E-state index contributed by atoms with van der Waals surface area (Å²) in [7, 11) is 0. The Morgan fingerprint density at radius 3 is 2.82 bits per heavy atom. The molecule has 0 unspecified atom stereocenters. The van der Waals surface area contributed by atoms with Gasteiger partial charge in [-0.15, -0.1) is 12.3 Å². The molecule has 0 aliphatic carbocycles. The summed E-state index contributed by atoms with van der Waals surface area (Å²) >= 11 is 6.05. The zero-order valence-corrected chi connectivity index (χ0v) is 10.4. The second-order valence-electron chi connectivity index (χ2n) is 3.76. The van der Waals surface area contributed by atoms with Crippen LogP contribution >= 0.6 is 11.6 Å². The molecule has 1 N–H and O–H groups in total. The number of nitrogens with one attached hydrogen (secondary N) is 1. The minimum absolute atomic E-state index is 0.591. The summed E-state index contributed by atoms with van der Waals surface area (Å²) in [5.74, 6) is 2.62. The lowest BCUT2D eigenvalue weighted by Gasteiger charge is -2.06. The number of hydrogen-bond donors (Lipinski definition) is 1. The second kappa shape index (κ2) is 7.74. The Hall–Kier alpha value is -1.48. The molecular formula is C14H15ClN2. The van der Waals surface area contributed by atoms with Crippen molar-refractivity contribution in [2.24, 2.45) is 0 Å². The van der Waals surface area contributed by atoms with Crippen molar-refractivity contribution in [2.75, 3.05) is 6.54 Å². The second-order valence-corrected chi connectivity index (χ2v) is 4.16. The van der Waals surface area contributed by atoms with Gasteiger partial charge >= 0.3 is 0 Å². The van der Waals surface area contributed by atoms with Crippen LogP contribution in [0.5, 0.6) is 0 Å². The molecule has 0 atom stereocenters. The van der Waals surface area contributed by atoms with Gasteiger partial charge in [0.1, 0.15) is 0 Å². The normalized spacial score (nSPS) is 9.59. The third kappa shape index (κ3) is 4.91. The van der Waals surface area contributed by atoms with Gasteiger partial charge in [0.25, 0.3) is 0 Å². The van der Waals surface area contributed by atoms with Crippen molar-refractivity contribution in [1.82, 2.24) is 5.32 Å². The summed E-state index contributed by atoms with van der Waals surface area (Å²) in [6, 6.07) is 7.42. The van der Waals surface area contributed by atoms with Gasteiger partial charge in [0, 0.05) is 18.0 Å². The van der Waals surface area contributed by atoms with Crippen LogP contribution in [-0.2, 0) is 6.54 Å². The zero-order chi connectivity index (χ0) is 12.5. The Kier molecular flexibility index (Phi) is 6.18. The highest BCUT2D eigenvalue weighted by Gasteiger charge is 2.01. The molecule has 3 heteroatoms. The molecule has 0 fully saturated rings. The Balaban J connectivity index is 2.33. The molecule has 0 amide bonds. The van der Waals surface area contributed by atoms with E-state index in [4.69, 9.17) is 23.3 Å². The number of terminal acetylenes is 1. The maximum atomic E-state index is 8.71. The van der Waals surface area contributed by atoms with Crippen LogP contribution < -0.4 is 5.32 Å². The summed E-state index contributed by atoms with van der Waals surface area (Å²) < 4.78 is 0. The predicted octanol–water partition coefficient (Wildman–Crippen LogP) is 3.10. The van der Waals surface area contributed by atoms with E-state index in [1.165, 1.54) is 0 Å². The van der Waals surface area contributed by atoms with E-state index in [2.05, 4.69) is 17.3 Å². The number of unbranched alkanes of at least 4 members (excludes halogenated alkanes) is 2. The number of nitriles is 1. The number of halogens is 1. The fourth-order valence-electron chi connectivity index (χ4n) is 1.46. The van der Waals surface area contributed by atoms with Gasteiger partial charge in [0.15, 0.2) is 0 Å². The molecule has 88 valence electrons. The van der Waals surface area contributed by atoms with Gasteiger partial charge in [-0.1, -0.05) is 17.7 Å². The van der Waals surface area contributed by atoms with Gasteiger partial charge in [0.05, 0.1) is 11.6 Å². The Morgan fingerprint density at radius 2 is 2.18 bits per heavy atom. The monoisotopic (exact) mass is 246 g/mol. The number of hydrogen-bond acceptors (Lipinski definition) is 2. The molecule has 0 bridgehead atoms. The quantitative estimate of drug-likeness (QED) is 0.619. The molecule has 17 heavy (non-hydrogen) atoms. The van der Waals surface area contributed by atoms with Crippen molar-refractivity contribution in [3.63, 3.8) is 0 Å². The molecule has 0 aliphatic heterocycles. The highest BCUT2D eigenvalue weighted by atomic mass is 35.5. The van der Waals surface area contributed by atoms with Crippen LogP contribution in [0.15, 0.2) is 18.2 Å². The summed E-state index contributed by atoms with van der Waals surface area (Å²) in [5, 5.41) is 12.7. The summed E-state index contributed by atoms with van der Waals surface area (Å²) in [6.45, 7) is 1.65. The smallest absolute Gasteiger partial charge is 0.0992 e. The summed E-state index contributed by atoms with van der Waals surface area (Å²) in [4.78, 5) is 0. The van der Waals surface area contributed by atoms with Crippen molar-refractivity contribution >= 4 is 11.6 Å². The summed E-state index contributed by atoms with van der Waals surface area (Å²) in [6.07, 6.45) is 8.11. The molecule has 1 aromatic rings. The van der Waals surface area contributed by atoms with Crippen LogP contribution in [0.3, 0.4) is 0 Å². The molecule has 2 nitrogen and oxygen atoms in total. The topological polar surface area (TPSA) is 35.8 Å². The maximum Gasteiger partial charge on any atom is 0.0992 e. The Labute approximate surface area is 108 Å². The van der Waals surface area contributed by atoms with Gasteiger partial charge < -0.3 is 5.32 Å². The Bertz CT molecular complexity index is 441. The van der Waals surface area contributed by atoms with Crippen molar-refractivity contribution in [1.29, 1.82) is 5.26 Å². The molecule has 0 heterocycles. The molecule has 0 aromatic heterocycles. The minimum atomic E-state index is 0.591. The highest BCUT2D eigenvalue weighted by Crippen LogP contribution is 2.17. The first-order valence-corrected chi connectivity index (χ1v) is 5.98. The van der Waals surface area contributed by atoms with Gasteiger partial charge in [-0.25, -0.2) is 0 Å². The minimum Gasteiger partial charge on any atom is -0.313 e. The first kappa shape index (κ1) is 13.6. The summed E-state index contributed by atoms with van der Waals surface area (Å²) in [5.41, 5.74) is 1.61. The lowest BCUT2D eigenvalue weighted by Crippen LogP contribution is -2.14. The number of rotatable bonds is 6. The zero-order valence-electron chi connectivity index (χ0n) is 9.67. The molecule has 0 saturated heterocycles. The molecular weight excluding hydrogens is 232 g/mol. The van der Waals surface area contributed by atoms with Gasteiger partial charge in [0.2, 0.25) is 0 Å². The first-order valence-electron chi connectivity index (χ1n) is 5.60. The fraction of sp³-hybridized carbons (Fsp3) is 0.357. The van der Waals surface area contributed by atoms with Crippen molar-refractivity contribution in [2.45, 2.75) is 25.8 Å². The van der Waals surface area contributed by atoms with Gasteiger partial charge in [-0.2, -0.15) is 5.26 Å². The van der Waals surface area contributed by atoms with Gasteiger partial charge in [-0.3, -0.25) is 0 Å². The van der Waals surface area contributed by atoms with Crippen molar-refractivity contribution in [3.8, 4) is 18.4 Å². The third-order valence-corrected chi connectivity index (χ3v) is 2.77. The van der Waals surface area contributed by atoms with E-state index in [9.17, 15) is 0 Å². The van der Waals surface area contributed by atoms with E-state index in [0.717, 1.165) is 37.9 Å². The van der Waals surface area contributed by atoms with E-state index < -0.39 is 0 Å². The van der Waals surface area contributed by atoms with Crippen molar-refractivity contribution < 1.29 is 0 Å². The van der Waals surface area contributed by atoms with Crippen LogP contribution in [0.1, 0.15) is 30.4 Å². The maximum absolute atomic E-state index is 8.71. The van der Waals surface area contributed by atoms with E-state index in [1.807, 2.05) is 6.07 Å². The highest BCUT2D eigenvalue weighted by molar-refractivity contribution is 6.31. The molecule has 0 radical (unpaired) electrons. The van der Waals surface area contributed by atoms with E-state index in [1.54, 1.807) is 12.1 Å². The number of nitrogens with zero attached hydrogens (tertiary/aromatic N) is 1. The fourth-order valence-corrected chi connectivity index (χ4v) is 1.71. The molecule has 0 spiro atoms. The van der Waals surface area contributed by atoms with Crippen molar-refractivity contribution in [3.05, 3.63) is 34.3 Å². The van der Waals surface area contributed by atoms with Crippen LogP contribution in [0, 0.1) is 23.7 Å². The first-order chi connectivity index (χ1) is 8.27. The average Bonchev–Trinajstić information content (AvgIpc) is 2.35.